The topological polar surface area (TPSA) is 110 Å². The van der Waals surface area contributed by atoms with Crippen LogP contribution < -0.4 is 5.32 Å². The summed E-state index contributed by atoms with van der Waals surface area (Å²) in [5.74, 6) is -0.0932. The van der Waals surface area contributed by atoms with Crippen molar-refractivity contribution in [3.63, 3.8) is 0 Å². The summed E-state index contributed by atoms with van der Waals surface area (Å²) < 4.78 is 33.4. The van der Waals surface area contributed by atoms with Gasteiger partial charge in [0.1, 0.15) is 11.3 Å². The fraction of sp³-hybridized carbons (Fsp3) is 0.227. The zero-order valence-corrected chi connectivity index (χ0v) is 19.6. The molecule has 0 spiro atoms. The number of hydrogen-bond acceptors (Lipinski definition) is 7. The summed E-state index contributed by atoms with van der Waals surface area (Å²) in [4.78, 5) is 27.8. The highest BCUT2D eigenvalue weighted by atomic mass is 35.5. The number of hydrogen-bond donors (Lipinski definition) is 1. The van der Waals surface area contributed by atoms with Crippen molar-refractivity contribution in [2.24, 2.45) is 0 Å². The van der Waals surface area contributed by atoms with Crippen LogP contribution in [-0.2, 0) is 14.8 Å². The Morgan fingerprint density at radius 1 is 1.09 bits per heavy atom. The number of benzene rings is 1. The average Bonchev–Trinajstić information content (AvgIpc) is 3.35. The smallest absolute Gasteiger partial charge is 0.290 e. The SMILES string of the molecule is O=C1NC(=O)/C(=C/c2cc3cncc(-c4ccc(S(=O)(=O)N5CCCCC5)cc4Cl)c3o2)S1. The Kier molecular flexibility index (Phi) is 5.77. The lowest BCUT2D eigenvalue weighted by atomic mass is 10.1. The van der Waals surface area contributed by atoms with E-state index in [0.29, 0.717) is 40.9 Å². The number of halogens is 1. The monoisotopic (exact) mass is 503 g/mol. The molecule has 0 atom stereocenters. The number of pyridine rings is 1. The maximum atomic E-state index is 13.0. The Morgan fingerprint density at radius 3 is 2.58 bits per heavy atom. The molecule has 2 fully saturated rings. The lowest BCUT2D eigenvalue weighted by Gasteiger charge is -2.26. The third-order valence-electron chi connectivity index (χ3n) is 5.54. The number of carbonyl (C=O) groups is 2. The molecular formula is C22H18ClN3O5S2. The van der Waals surface area contributed by atoms with Gasteiger partial charge in [0.2, 0.25) is 10.0 Å². The van der Waals surface area contributed by atoms with Crippen molar-refractivity contribution in [1.29, 1.82) is 0 Å². The highest BCUT2D eigenvalue weighted by molar-refractivity contribution is 8.18. The van der Waals surface area contributed by atoms with Crippen LogP contribution in [0, 0.1) is 0 Å². The number of sulfonamides is 1. The molecule has 2 amide bonds. The van der Waals surface area contributed by atoms with E-state index in [4.69, 9.17) is 16.0 Å². The number of piperidine rings is 1. The van der Waals surface area contributed by atoms with Crippen LogP contribution in [0.5, 0.6) is 0 Å². The zero-order chi connectivity index (χ0) is 23.2. The second-order valence-electron chi connectivity index (χ2n) is 7.71. The molecule has 0 bridgehead atoms. The van der Waals surface area contributed by atoms with E-state index < -0.39 is 21.2 Å². The Hall–Kier alpha value is -2.66. The van der Waals surface area contributed by atoms with E-state index in [1.807, 2.05) is 0 Å². The van der Waals surface area contributed by atoms with Crippen molar-refractivity contribution in [3.05, 3.63) is 52.3 Å². The maximum absolute atomic E-state index is 13.0. The van der Waals surface area contributed by atoms with Crippen molar-refractivity contribution >= 4 is 61.6 Å². The van der Waals surface area contributed by atoms with E-state index >= 15 is 0 Å². The van der Waals surface area contributed by atoms with E-state index in [1.165, 1.54) is 16.4 Å². The molecule has 0 unspecified atom stereocenters. The molecule has 0 saturated carbocycles. The minimum absolute atomic E-state index is 0.150. The largest absolute Gasteiger partial charge is 0.456 e. The molecule has 5 rings (SSSR count). The fourth-order valence-corrected chi connectivity index (χ4v) is 6.48. The van der Waals surface area contributed by atoms with Crippen molar-refractivity contribution in [1.82, 2.24) is 14.6 Å². The van der Waals surface area contributed by atoms with Crippen molar-refractivity contribution in [2.75, 3.05) is 13.1 Å². The van der Waals surface area contributed by atoms with Gasteiger partial charge in [0.15, 0.2) is 0 Å². The molecule has 1 aromatic carbocycles. The van der Waals surface area contributed by atoms with E-state index in [0.717, 1.165) is 31.0 Å². The molecule has 4 heterocycles. The lowest BCUT2D eigenvalue weighted by Crippen LogP contribution is -2.35. The second kappa shape index (κ2) is 8.60. The number of imide groups is 1. The molecule has 0 radical (unpaired) electrons. The van der Waals surface area contributed by atoms with Crippen LogP contribution in [0.25, 0.3) is 28.2 Å². The molecule has 0 aliphatic carbocycles. The van der Waals surface area contributed by atoms with E-state index in [9.17, 15) is 18.0 Å². The molecule has 170 valence electrons. The molecule has 2 aliphatic heterocycles. The van der Waals surface area contributed by atoms with Crippen LogP contribution in [-0.4, -0.2) is 41.9 Å². The number of carbonyl (C=O) groups excluding carboxylic acids is 2. The summed E-state index contributed by atoms with van der Waals surface area (Å²) in [7, 11) is -3.61. The minimum atomic E-state index is -3.61. The van der Waals surface area contributed by atoms with Gasteiger partial charge in [-0.1, -0.05) is 24.1 Å². The number of amides is 2. The predicted molar refractivity (Wildman–Crippen MR) is 126 cm³/mol. The molecule has 11 heteroatoms. The zero-order valence-electron chi connectivity index (χ0n) is 17.2. The van der Waals surface area contributed by atoms with Gasteiger partial charge < -0.3 is 4.42 Å². The molecule has 2 saturated heterocycles. The van der Waals surface area contributed by atoms with Crippen molar-refractivity contribution in [3.8, 4) is 11.1 Å². The summed E-state index contributed by atoms with van der Waals surface area (Å²) in [5.41, 5.74) is 1.65. The first-order valence-electron chi connectivity index (χ1n) is 10.3. The van der Waals surface area contributed by atoms with Gasteiger partial charge in [-0.2, -0.15) is 4.31 Å². The Morgan fingerprint density at radius 2 is 1.88 bits per heavy atom. The van der Waals surface area contributed by atoms with E-state index in [2.05, 4.69) is 10.3 Å². The number of furan rings is 1. The van der Waals surface area contributed by atoms with Crippen molar-refractivity contribution in [2.45, 2.75) is 24.2 Å². The predicted octanol–water partition coefficient (Wildman–Crippen LogP) is 4.65. The van der Waals surface area contributed by atoms with Crippen LogP contribution in [0.3, 0.4) is 0 Å². The van der Waals surface area contributed by atoms with Gasteiger partial charge in [0.05, 0.1) is 9.80 Å². The molecule has 2 aliphatic rings. The van der Waals surface area contributed by atoms with Gasteiger partial charge in [0.25, 0.3) is 11.1 Å². The van der Waals surface area contributed by atoms with Crippen LogP contribution >= 0.6 is 23.4 Å². The second-order valence-corrected chi connectivity index (χ2v) is 11.1. The molecular weight excluding hydrogens is 486 g/mol. The quantitative estimate of drug-likeness (QED) is 0.516. The summed E-state index contributed by atoms with van der Waals surface area (Å²) in [5, 5.41) is 2.70. The fourth-order valence-electron chi connectivity index (χ4n) is 3.92. The molecule has 3 aromatic rings. The minimum Gasteiger partial charge on any atom is -0.456 e. The highest BCUT2D eigenvalue weighted by Crippen LogP contribution is 2.37. The van der Waals surface area contributed by atoms with E-state index in [-0.39, 0.29) is 14.8 Å². The van der Waals surface area contributed by atoms with Gasteiger partial charge in [-0.25, -0.2) is 8.42 Å². The first-order chi connectivity index (χ1) is 15.8. The van der Waals surface area contributed by atoms with Crippen LogP contribution in [0.4, 0.5) is 4.79 Å². The van der Waals surface area contributed by atoms with Gasteiger partial charge in [0, 0.05) is 53.1 Å². The number of fused-ring (bicyclic) bond motifs is 1. The molecule has 1 N–H and O–H groups in total. The van der Waals surface area contributed by atoms with Crippen LogP contribution in [0.1, 0.15) is 25.0 Å². The molecule has 33 heavy (non-hydrogen) atoms. The standard InChI is InChI=1S/C22H18ClN3O5S2/c23-18-10-15(33(29,30)26-6-2-1-3-7-26)4-5-16(18)17-12-24-11-13-8-14(31-20(13)17)9-19-21(27)25-22(28)32-19/h4-5,8-12H,1-3,6-7H2,(H,25,27,28)/b19-9-. The van der Waals surface area contributed by atoms with Gasteiger partial charge in [-0.15, -0.1) is 0 Å². The number of nitrogens with zero attached hydrogens (tertiary/aromatic N) is 2. The number of rotatable bonds is 4. The normalized spacial score (nSPS) is 18.9. The summed E-state index contributed by atoms with van der Waals surface area (Å²) in [6, 6.07) is 6.35. The Balaban J connectivity index is 1.52. The average molecular weight is 504 g/mol. The van der Waals surface area contributed by atoms with E-state index in [1.54, 1.807) is 30.6 Å². The molecule has 8 nitrogen and oxygen atoms in total. The van der Waals surface area contributed by atoms with Crippen LogP contribution in [0.15, 0.2) is 50.9 Å². The first-order valence-corrected chi connectivity index (χ1v) is 12.9. The lowest BCUT2D eigenvalue weighted by molar-refractivity contribution is -0.115. The van der Waals surface area contributed by atoms with Gasteiger partial charge in [-0.3, -0.25) is 19.9 Å². The number of nitrogens with one attached hydrogen (secondary N) is 1. The summed E-state index contributed by atoms with van der Waals surface area (Å²) in [6.07, 6.45) is 7.42. The number of thioether (sulfide) groups is 1. The third-order valence-corrected chi connectivity index (χ3v) is 8.56. The summed E-state index contributed by atoms with van der Waals surface area (Å²) >= 11 is 7.33. The Labute approximate surface area is 199 Å². The third kappa shape index (κ3) is 4.19. The van der Waals surface area contributed by atoms with Crippen LogP contribution in [0.2, 0.25) is 5.02 Å². The Bertz CT molecular complexity index is 1430. The van der Waals surface area contributed by atoms with Gasteiger partial charge in [-0.05, 0) is 42.8 Å². The first kappa shape index (κ1) is 22.1. The maximum Gasteiger partial charge on any atom is 0.290 e. The highest BCUT2D eigenvalue weighted by Gasteiger charge is 2.27. The van der Waals surface area contributed by atoms with Gasteiger partial charge >= 0.3 is 0 Å². The summed E-state index contributed by atoms with van der Waals surface area (Å²) in [6.45, 7) is 1.02. The van der Waals surface area contributed by atoms with Crippen molar-refractivity contribution < 1.29 is 22.4 Å². The molecule has 2 aromatic heterocycles. The number of aromatic nitrogens is 1.